The summed E-state index contributed by atoms with van der Waals surface area (Å²) in [5, 5.41) is 5.61. The number of benzene rings is 1. The van der Waals surface area contributed by atoms with Gasteiger partial charge in [0.2, 0.25) is 11.8 Å². The van der Waals surface area contributed by atoms with Gasteiger partial charge in [0.15, 0.2) is 5.60 Å². The quantitative estimate of drug-likeness (QED) is 0.643. The van der Waals surface area contributed by atoms with E-state index in [1.165, 1.54) is 0 Å². The number of likely N-dealkylation sites (tertiary alicyclic amines) is 1. The van der Waals surface area contributed by atoms with Gasteiger partial charge in [-0.3, -0.25) is 19.7 Å². The average Bonchev–Trinajstić information content (AvgIpc) is 3.16. The van der Waals surface area contributed by atoms with Crippen LogP contribution in [0.3, 0.4) is 0 Å². The summed E-state index contributed by atoms with van der Waals surface area (Å²) in [6.45, 7) is 3.06. The van der Waals surface area contributed by atoms with Crippen LogP contribution in [0.5, 0.6) is 0 Å². The summed E-state index contributed by atoms with van der Waals surface area (Å²) in [5.41, 5.74) is 0.168. The lowest BCUT2D eigenvalue weighted by atomic mass is 9.69. The topological polar surface area (TPSA) is 108 Å². The molecule has 178 valence electrons. The van der Waals surface area contributed by atoms with Gasteiger partial charge >= 0.3 is 6.09 Å². The monoisotopic (exact) mass is 464 g/mol. The van der Waals surface area contributed by atoms with Gasteiger partial charge in [0.1, 0.15) is 0 Å². The molecule has 1 aromatic rings. The van der Waals surface area contributed by atoms with Crippen LogP contribution in [0.15, 0.2) is 54.1 Å². The Bertz CT molecular complexity index is 1060. The largest absolute Gasteiger partial charge is 0.437 e. The molecule has 3 fully saturated rings. The lowest BCUT2D eigenvalue weighted by Crippen LogP contribution is -2.59. The van der Waals surface area contributed by atoms with Crippen LogP contribution < -0.4 is 10.6 Å². The van der Waals surface area contributed by atoms with E-state index >= 15 is 0 Å². The van der Waals surface area contributed by atoms with Crippen LogP contribution in [0.25, 0.3) is 0 Å². The maximum absolute atomic E-state index is 13.3. The minimum atomic E-state index is -1.35. The molecule has 9 nitrogen and oxygen atoms in total. The zero-order valence-corrected chi connectivity index (χ0v) is 18.9. The van der Waals surface area contributed by atoms with E-state index in [2.05, 4.69) is 10.6 Å². The summed E-state index contributed by atoms with van der Waals surface area (Å²) in [4.78, 5) is 54.8. The number of piperazine rings is 1. The summed E-state index contributed by atoms with van der Waals surface area (Å²) in [6, 6.07) is 9.68. The number of nitrogens with one attached hydrogen (secondary N) is 2. The lowest BCUT2D eigenvalue weighted by molar-refractivity contribution is -0.145. The first-order valence-corrected chi connectivity index (χ1v) is 11.7. The van der Waals surface area contributed by atoms with E-state index in [1.54, 1.807) is 28.0 Å². The van der Waals surface area contributed by atoms with Gasteiger partial charge in [-0.15, -0.1) is 0 Å². The predicted octanol–water partition coefficient (Wildman–Crippen LogP) is 0.975. The molecule has 3 aliphatic heterocycles. The number of amides is 4. The maximum atomic E-state index is 13.3. The second-order valence-corrected chi connectivity index (χ2v) is 9.17. The molecule has 3 saturated heterocycles. The minimum Gasteiger partial charge on any atom is -0.437 e. The van der Waals surface area contributed by atoms with Crippen LogP contribution in [0.2, 0.25) is 0 Å². The molecule has 0 radical (unpaired) electrons. The smallest absolute Gasteiger partial charge is 0.410 e. The normalized spacial score (nSPS) is 28.9. The van der Waals surface area contributed by atoms with Crippen LogP contribution in [0.4, 0.5) is 4.79 Å². The molecule has 0 spiro atoms. The molecule has 2 N–H and O–H groups in total. The van der Waals surface area contributed by atoms with E-state index in [0.717, 1.165) is 5.56 Å². The number of allylic oxidation sites excluding steroid dienone is 2. The van der Waals surface area contributed by atoms with E-state index in [9.17, 15) is 19.2 Å². The summed E-state index contributed by atoms with van der Waals surface area (Å²) in [6.07, 6.45) is 5.09. The summed E-state index contributed by atoms with van der Waals surface area (Å²) in [7, 11) is 0. The van der Waals surface area contributed by atoms with E-state index < -0.39 is 29.4 Å². The van der Waals surface area contributed by atoms with E-state index in [4.69, 9.17) is 4.74 Å². The third kappa shape index (κ3) is 4.00. The average molecular weight is 465 g/mol. The molecular weight excluding hydrogens is 436 g/mol. The lowest BCUT2D eigenvalue weighted by Gasteiger charge is -2.44. The number of piperidine rings is 1. The first kappa shape index (κ1) is 22.3. The molecule has 4 aliphatic rings. The molecule has 0 saturated carbocycles. The molecular formula is C25H28N4O5. The van der Waals surface area contributed by atoms with Crippen molar-refractivity contribution in [3.8, 4) is 0 Å². The highest BCUT2D eigenvalue weighted by atomic mass is 16.6. The maximum Gasteiger partial charge on any atom is 0.410 e. The number of carbonyl (C=O) groups excluding carboxylic acids is 4. The molecule has 0 aromatic heterocycles. The van der Waals surface area contributed by atoms with Crippen LogP contribution in [-0.4, -0.2) is 71.9 Å². The van der Waals surface area contributed by atoms with Gasteiger partial charge < -0.3 is 19.9 Å². The van der Waals surface area contributed by atoms with E-state index in [-0.39, 0.29) is 24.7 Å². The summed E-state index contributed by atoms with van der Waals surface area (Å²) in [5.74, 6) is -2.22. The van der Waals surface area contributed by atoms with Crippen LogP contribution in [0.1, 0.15) is 18.4 Å². The van der Waals surface area contributed by atoms with E-state index in [0.29, 0.717) is 44.8 Å². The Labute approximate surface area is 197 Å². The molecule has 9 heteroatoms. The van der Waals surface area contributed by atoms with Gasteiger partial charge in [-0.1, -0.05) is 42.5 Å². The Morgan fingerprint density at radius 1 is 1.09 bits per heavy atom. The standard InChI is InChI=1S/C25H28N4O5/c30-21-9-8-19(22(31)27-21)25(34-24(33)28-13-11-26-12-14-28)10-4-7-18-20(25)16-29(23(18)32)15-17-5-2-1-3-6-17/h1-7,10,19-20,26H,8-9,11-16H2,(H,27,30,31). The number of ether oxygens (including phenoxy) is 1. The first-order valence-electron chi connectivity index (χ1n) is 11.7. The number of rotatable bonds is 4. The Balaban J connectivity index is 1.47. The van der Waals surface area contributed by atoms with Crippen molar-refractivity contribution in [2.45, 2.75) is 25.0 Å². The Morgan fingerprint density at radius 3 is 2.59 bits per heavy atom. The number of imide groups is 1. The van der Waals surface area contributed by atoms with Crippen molar-refractivity contribution in [2.75, 3.05) is 32.7 Å². The fourth-order valence-electron chi connectivity index (χ4n) is 5.39. The Kier molecular flexibility index (Phi) is 5.95. The van der Waals surface area contributed by atoms with Crippen molar-refractivity contribution < 1.29 is 23.9 Å². The zero-order valence-electron chi connectivity index (χ0n) is 18.9. The van der Waals surface area contributed by atoms with E-state index in [1.807, 2.05) is 30.3 Å². The number of hydrogen-bond donors (Lipinski definition) is 2. The second-order valence-electron chi connectivity index (χ2n) is 9.17. The molecule has 1 aliphatic carbocycles. The number of fused-ring (bicyclic) bond motifs is 1. The third-order valence-electron chi connectivity index (χ3n) is 7.13. The van der Waals surface area contributed by atoms with Crippen molar-refractivity contribution in [3.63, 3.8) is 0 Å². The molecule has 3 atom stereocenters. The van der Waals surface area contributed by atoms with Gasteiger partial charge in [-0.2, -0.15) is 0 Å². The highest BCUT2D eigenvalue weighted by molar-refractivity contribution is 6.01. The molecule has 3 heterocycles. The molecule has 34 heavy (non-hydrogen) atoms. The van der Waals surface area contributed by atoms with Crippen LogP contribution in [-0.2, 0) is 25.7 Å². The van der Waals surface area contributed by atoms with Crippen molar-refractivity contribution in [2.24, 2.45) is 11.8 Å². The molecule has 1 aromatic carbocycles. The molecule has 0 bridgehead atoms. The highest BCUT2D eigenvalue weighted by Gasteiger charge is 2.58. The predicted molar refractivity (Wildman–Crippen MR) is 122 cm³/mol. The van der Waals surface area contributed by atoms with Crippen molar-refractivity contribution >= 4 is 23.8 Å². The molecule has 3 unspecified atom stereocenters. The number of carbonyl (C=O) groups is 4. The summed E-state index contributed by atoms with van der Waals surface area (Å²) >= 11 is 0. The van der Waals surface area contributed by atoms with Gasteiger partial charge in [-0.05, 0) is 18.1 Å². The zero-order chi connectivity index (χ0) is 23.7. The Hall–Kier alpha value is -3.46. The third-order valence-corrected chi connectivity index (χ3v) is 7.13. The summed E-state index contributed by atoms with van der Waals surface area (Å²) < 4.78 is 6.20. The van der Waals surface area contributed by atoms with Crippen molar-refractivity contribution in [1.29, 1.82) is 0 Å². The minimum absolute atomic E-state index is 0.131. The number of hydrogen-bond acceptors (Lipinski definition) is 6. The second kappa shape index (κ2) is 9.06. The van der Waals surface area contributed by atoms with Gasteiger partial charge in [0, 0.05) is 51.3 Å². The fraction of sp³-hybridized carbons (Fsp3) is 0.440. The number of nitrogens with zero attached hydrogens (tertiary/aromatic N) is 2. The highest BCUT2D eigenvalue weighted by Crippen LogP contribution is 2.46. The Morgan fingerprint density at radius 2 is 1.85 bits per heavy atom. The molecule has 5 rings (SSSR count). The molecule has 4 amide bonds. The van der Waals surface area contributed by atoms with Gasteiger partial charge in [0.25, 0.3) is 5.91 Å². The van der Waals surface area contributed by atoms with Gasteiger partial charge in [0.05, 0.1) is 11.8 Å². The fourth-order valence-corrected chi connectivity index (χ4v) is 5.39. The SMILES string of the molecule is O=C1CCC(C2(OC(=O)N3CCNCC3)C=CC=C3C(=O)N(Cc4ccccc4)CC32)C(=O)N1. The van der Waals surface area contributed by atoms with Gasteiger partial charge in [-0.25, -0.2) is 4.79 Å². The first-order chi connectivity index (χ1) is 16.5. The van der Waals surface area contributed by atoms with Crippen molar-refractivity contribution in [1.82, 2.24) is 20.4 Å². The van der Waals surface area contributed by atoms with Crippen LogP contribution >= 0.6 is 0 Å². The van der Waals surface area contributed by atoms with Crippen molar-refractivity contribution in [3.05, 3.63) is 59.7 Å². The van der Waals surface area contributed by atoms with Crippen LogP contribution in [0, 0.1) is 11.8 Å².